The summed E-state index contributed by atoms with van der Waals surface area (Å²) in [4.78, 5) is 18.3. The highest BCUT2D eigenvalue weighted by molar-refractivity contribution is 5.85. The number of benzene rings is 2. The molecule has 0 radical (unpaired) electrons. The van der Waals surface area contributed by atoms with Gasteiger partial charge in [0.05, 0.1) is 0 Å². The van der Waals surface area contributed by atoms with Crippen molar-refractivity contribution in [3.63, 3.8) is 0 Å². The fraction of sp³-hybridized carbons (Fsp3) is 0.531. The van der Waals surface area contributed by atoms with E-state index in [0.717, 1.165) is 30.7 Å². The van der Waals surface area contributed by atoms with Crippen molar-refractivity contribution < 1.29 is 9.53 Å². The van der Waals surface area contributed by atoms with Crippen LogP contribution in [0, 0.1) is 0 Å². The van der Waals surface area contributed by atoms with E-state index in [4.69, 9.17) is 4.74 Å². The number of hydrogen-bond acceptors (Lipinski definition) is 3. The van der Waals surface area contributed by atoms with Crippen LogP contribution in [0.4, 0.5) is 0 Å². The van der Waals surface area contributed by atoms with Gasteiger partial charge in [-0.15, -0.1) is 0 Å². The molecule has 4 nitrogen and oxygen atoms in total. The quantitative estimate of drug-likeness (QED) is 0.142. The van der Waals surface area contributed by atoms with Gasteiger partial charge in [-0.1, -0.05) is 69.4 Å². The molecule has 4 rings (SSSR count). The highest BCUT2D eigenvalue weighted by atomic mass is 16.5. The van der Waals surface area contributed by atoms with Crippen LogP contribution in [0.15, 0.2) is 54.7 Å². The minimum absolute atomic E-state index is 0.113. The summed E-state index contributed by atoms with van der Waals surface area (Å²) in [5.74, 6) is 1.28. The van der Waals surface area contributed by atoms with E-state index in [1.165, 1.54) is 87.5 Å². The van der Waals surface area contributed by atoms with Gasteiger partial charge in [-0.2, -0.15) is 0 Å². The number of aromatic amines is 1. The van der Waals surface area contributed by atoms with E-state index in [2.05, 4.69) is 53.3 Å². The minimum atomic E-state index is -0.113. The largest absolute Gasteiger partial charge is 0.427 e. The molecule has 0 spiro atoms. The lowest BCUT2D eigenvalue weighted by Crippen LogP contribution is -2.33. The Kier molecular flexibility index (Phi) is 10.5. The van der Waals surface area contributed by atoms with Crippen molar-refractivity contribution in [1.82, 2.24) is 9.88 Å². The molecule has 1 fully saturated rings. The molecule has 0 bridgehead atoms. The van der Waals surface area contributed by atoms with Gasteiger partial charge in [-0.05, 0) is 93.4 Å². The number of aromatic nitrogens is 1. The lowest BCUT2D eigenvalue weighted by molar-refractivity contribution is -0.134. The number of esters is 1. The summed E-state index contributed by atoms with van der Waals surface area (Å²) in [6.45, 7) is 5.83. The molecular formula is C32H44N2O2. The number of ether oxygens (including phenoxy) is 1. The summed E-state index contributed by atoms with van der Waals surface area (Å²) < 4.78 is 5.66. The molecule has 0 aliphatic carbocycles. The number of rotatable bonds is 14. The van der Waals surface area contributed by atoms with E-state index in [9.17, 15) is 4.79 Å². The number of aryl methyl sites for hydroxylation is 1. The van der Waals surface area contributed by atoms with Crippen molar-refractivity contribution in [2.75, 3.05) is 19.6 Å². The van der Waals surface area contributed by atoms with Crippen molar-refractivity contribution in [2.24, 2.45) is 0 Å². The van der Waals surface area contributed by atoms with Crippen molar-refractivity contribution >= 4 is 16.9 Å². The number of fused-ring (bicyclic) bond motifs is 1. The number of carbonyl (C=O) groups is 1. The van der Waals surface area contributed by atoms with Crippen LogP contribution in [0.2, 0.25) is 0 Å². The third kappa shape index (κ3) is 7.96. The first-order valence-electron chi connectivity index (χ1n) is 14.3. The molecule has 0 atom stereocenters. The van der Waals surface area contributed by atoms with E-state index in [1.807, 2.05) is 18.2 Å². The van der Waals surface area contributed by atoms with Crippen molar-refractivity contribution in [3.05, 3.63) is 65.9 Å². The molecule has 1 N–H and O–H groups in total. The van der Waals surface area contributed by atoms with Crippen molar-refractivity contribution in [3.8, 4) is 5.75 Å². The molecule has 0 unspecified atom stereocenters. The molecule has 1 saturated heterocycles. The Balaban J connectivity index is 1.17. The number of carbonyl (C=O) groups excluding carboxylic acids is 1. The second-order valence-corrected chi connectivity index (χ2v) is 10.5. The van der Waals surface area contributed by atoms with Crippen LogP contribution in [0.5, 0.6) is 5.75 Å². The summed E-state index contributed by atoms with van der Waals surface area (Å²) in [5, 5.41) is 1.18. The predicted molar refractivity (Wildman–Crippen MR) is 150 cm³/mol. The number of likely N-dealkylation sites (tertiary alicyclic amines) is 1. The normalized spacial score (nSPS) is 14.9. The van der Waals surface area contributed by atoms with E-state index in [1.54, 1.807) is 0 Å². The van der Waals surface area contributed by atoms with Gasteiger partial charge in [0, 0.05) is 23.5 Å². The summed E-state index contributed by atoms with van der Waals surface area (Å²) in [6.07, 6.45) is 15.7. The van der Waals surface area contributed by atoms with Crippen LogP contribution in [0.25, 0.3) is 10.9 Å². The molecular weight excluding hydrogens is 444 g/mol. The number of piperidine rings is 1. The van der Waals surface area contributed by atoms with Crippen molar-refractivity contribution in [1.29, 1.82) is 0 Å². The maximum absolute atomic E-state index is 12.3. The first kappa shape index (κ1) is 26.5. The van der Waals surface area contributed by atoms with Gasteiger partial charge < -0.3 is 14.6 Å². The fourth-order valence-electron chi connectivity index (χ4n) is 5.53. The molecule has 3 aromatic rings. The zero-order valence-electron chi connectivity index (χ0n) is 22.1. The Morgan fingerprint density at radius 2 is 1.72 bits per heavy atom. The van der Waals surface area contributed by atoms with Crippen LogP contribution >= 0.6 is 0 Å². The van der Waals surface area contributed by atoms with Crippen LogP contribution in [0.3, 0.4) is 0 Å². The van der Waals surface area contributed by atoms with Gasteiger partial charge in [0.15, 0.2) is 0 Å². The number of nitrogens with zero attached hydrogens (tertiary/aromatic N) is 1. The average Bonchev–Trinajstić information content (AvgIpc) is 3.31. The summed E-state index contributed by atoms with van der Waals surface area (Å²) in [7, 11) is 0. The van der Waals surface area contributed by atoms with Crippen LogP contribution in [-0.4, -0.2) is 35.5 Å². The zero-order chi connectivity index (χ0) is 25.0. The lowest BCUT2D eigenvalue weighted by atomic mass is 9.89. The molecule has 2 heterocycles. The monoisotopic (exact) mass is 488 g/mol. The molecule has 1 aliphatic heterocycles. The van der Waals surface area contributed by atoms with E-state index < -0.39 is 0 Å². The van der Waals surface area contributed by atoms with E-state index >= 15 is 0 Å². The third-order valence-corrected chi connectivity index (χ3v) is 7.73. The number of H-pyrrole nitrogens is 1. The van der Waals surface area contributed by atoms with Crippen molar-refractivity contribution in [2.45, 2.75) is 89.9 Å². The Hall–Kier alpha value is -2.59. The molecule has 1 aromatic heterocycles. The Labute approximate surface area is 217 Å². The van der Waals surface area contributed by atoms with Gasteiger partial charge in [0.25, 0.3) is 0 Å². The highest BCUT2D eigenvalue weighted by Crippen LogP contribution is 2.28. The number of unbranched alkanes of at least 4 members (excludes halogenated alkanes) is 6. The van der Waals surface area contributed by atoms with E-state index in [0.29, 0.717) is 12.2 Å². The molecule has 194 valence electrons. The molecule has 2 aromatic carbocycles. The molecule has 1 aliphatic rings. The maximum Gasteiger partial charge on any atom is 0.311 e. The average molecular weight is 489 g/mol. The predicted octanol–water partition coefficient (Wildman–Crippen LogP) is 8.03. The fourth-order valence-corrected chi connectivity index (χ4v) is 5.53. The van der Waals surface area contributed by atoms with Crippen LogP contribution in [0.1, 0.15) is 94.6 Å². The van der Waals surface area contributed by atoms with Gasteiger partial charge in [0.2, 0.25) is 0 Å². The third-order valence-electron chi connectivity index (χ3n) is 7.73. The van der Waals surface area contributed by atoms with Gasteiger partial charge >= 0.3 is 5.97 Å². The van der Waals surface area contributed by atoms with Crippen LogP contribution in [-0.2, 0) is 11.2 Å². The topological polar surface area (TPSA) is 45.3 Å². The minimum Gasteiger partial charge on any atom is -0.427 e. The summed E-state index contributed by atoms with van der Waals surface area (Å²) in [5.41, 5.74) is 3.94. The Bertz CT molecular complexity index is 1050. The Morgan fingerprint density at radius 1 is 0.944 bits per heavy atom. The van der Waals surface area contributed by atoms with Crippen LogP contribution < -0.4 is 4.74 Å². The van der Waals surface area contributed by atoms with Gasteiger partial charge in [-0.25, -0.2) is 0 Å². The smallest absolute Gasteiger partial charge is 0.311 e. The summed E-state index contributed by atoms with van der Waals surface area (Å²) in [6, 6.07) is 17.0. The van der Waals surface area contributed by atoms with Gasteiger partial charge in [-0.3, -0.25) is 4.79 Å². The maximum atomic E-state index is 12.3. The van der Waals surface area contributed by atoms with Gasteiger partial charge in [0.1, 0.15) is 5.75 Å². The Morgan fingerprint density at radius 3 is 2.53 bits per heavy atom. The molecule has 36 heavy (non-hydrogen) atoms. The second-order valence-electron chi connectivity index (χ2n) is 10.5. The molecule has 0 amide bonds. The first-order valence-corrected chi connectivity index (χ1v) is 14.3. The SMILES string of the molecule is CCCCCCCCC(=O)Oc1ccc2[nH]cc(CCCCN3CCC(c4ccccc4)CC3)c2c1. The highest BCUT2D eigenvalue weighted by Gasteiger charge is 2.20. The molecule has 4 heteroatoms. The number of nitrogens with one attached hydrogen (secondary N) is 1. The number of hydrogen-bond donors (Lipinski definition) is 1. The summed E-state index contributed by atoms with van der Waals surface area (Å²) >= 11 is 0. The lowest BCUT2D eigenvalue weighted by Gasteiger charge is -2.32. The standard InChI is InChI=1S/C32H44N2O2/c1-2-3-4-5-6-10-16-32(35)36-29-17-18-31-30(24-29)28(25-33-31)15-11-12-21-34-22-19-27(20-23-34)26-13-8-7-9-14-26/h7-9,13-14,17-18,24-25,27,33H,2-6,10-12,15-16,19-23H2,1H3. The first-order chi connectivity index (χ1) is 17.7. The molecule has 0 saturated carbocycles. The zero-order valence-corrected chi connectivity index (χ0v) is 22.1. The van der Waals surface area contributed by atoms with E-state index in [-0.39, 0.29) is 5.97 Å². The second kappa shape index (κ2) is 14.2.